The molecule has 2 aromatic rings. The van der Waals surface area contributed by atoms with E-state index in [1.54, 1.807) is 37.5 Å². The van der Waals surface area contributed by atoms with Crippen molar-refractivity contribution in [2.45, 2.75) is 71.6 Å². The lowest BCUT2D eigenvalue weighted by molar-refractivity contribution is 0.0496. The van der Waals surface area contributed by atoms with E-state index in [0.29, 0.717) is 34.8 Å². The number of rotatable bonds is 3. The summed E-state index contributed by atoms with van der Waals surface area (Å²) in [5, 5.41) is 9.99. The first-order valence-electron chi connectivity index (χ1n) is 10.6. The molecule has 2 aromatic heterocycles. The maximum Gasteiger partial charge on any atom is 0.413 e. The van der Waals surface area contributed by atoms with E-state index in [-0.39, 0.29) is 6.04 Å². The van der Waals surface area contributed by atoms with Crippen molar-refractivity contribution in [3.63, 3.8) is 0 Å². The van der Waals surface area contributed by atoms with Crippen molar-refractivity contribution in [2.24, 2.45) is 0 Å². The van der Waals surface area contributed by atoms with Crippen LogP contribution in [0.3, 0.4) is 0 Å². The Labute approximate surface area is 196 Å². The van der Waals surface area contributed by atoms with Gasteiger partial charge in [-0.25, -0.2) is 14.6 Å². The number of ether oxygens (including phenoxy) is 2. The number of nitrogens with zero attached hydrogens (tertiary/aromatic N) is 4. The molecular formula is C21H31BrN6O4. The standard InChI is InChI=1S/C21H31BrN6O4/c1-20(2,3)31-18(29)24-13-7-9-27(10-8-13)15-11-16(26-19(30)32-21(4,5)6)28-17(25-15)14(22)12-23-28/h11-13H,7-10H2,1-6H3,(H,24,29)(H,26,30). The second kappa shape index (κ2) is 9.13. The lowest BCUT2D eigenvalue weighted by atomic mass is 10.1. The highest BCUT2D eigenvalue weighted by molar-refractivity contribution is 9.10. The van der Waals surface area contributed by atoms with E-state index in [1.165, 1.54) is 0 Å². The average molecular weight is 511 g/mol. The Morgan fingerprint density at radius 1 is 1.06 bits per heavy atom. The van der Waals surface area contributed by atoms with Gasteiger partial charge in [-0.05, 0) is 70.3 Å². The molecule has 1 aliphatic heterocycles. The molecular weight excluding hydrogens is 480 g/mol. The Morgan fingerprint density at radius 2 is 1.66 bits per heavy atom. The van der Waals surface area contributed by atoms with Crippen molar-refractivity contribution in [1.29, 1.82) is 0 Å². The lowest BCUT2D eigenvalue weighted by Gasteiger charge is -2.33. The summed E-state index contributed by atoms with van der Waals surface area (Å²) in [6.07, 6.45) is 2.16. The summed E-state index contributed by atoms with van der Waals surface area (Å²) in [6, 6.07) is 1.81. The van der Waals surface area contributed by atoms with Crippen molar-refractivity contribution < 1.29 is 19.1 Å². The molecule has 10 nitrogen and oxygen atoms in total. The number of fused-ring (bicyclic) bond motifs is 1. The third-order valence-corrected chi connectivity index (χ3v) is 5.14. The van der Waals surface area contributed by atoms with Crippen LogP contribution in [0.1, 0.15) is 54.4 Å². The zero-order valence-corrected chi connectivity index (χ0v) is 20.9. The summed E-state index contributed by atoms with van der Waals surface area (Å²) in [5.41, 5.74) is -0.560. The molecule has 0 aliphatic carbocycles. The Bertz CT molecular complexity index is 987. The van der Waals surface area contributed by atoms with Gasteiger partial charge in [0, 0.05) is 25.2 Å². The number of aromatic nitrogens is 3. The average Bonchev–Trinajstić information content (AvgIpc) is 3.00. The van der Waals surface area contributed by atoms with Crippen LogP contribution in [0.15, 0.2) is 16.7 Å². The van der Waals surface area contributed by atoms with Crippen LogP contribution in [-0.4, -0.2) is 57.1 Å². The molecule has 1 saturated heterocycles. The molecule has 11 heteroatoms. The summed E-state index contributed by atoms with van der Waals surface area (Å²) < 4.78 is 13.0. The molecule has 1 fully saturated rings. The van der Waals surface area contributed by atoms with Gasteiger partial charge in [-0.2, -0.15) is 9.61 Å². The molecule has 2 amide bonds. The fraction of sp³-hybridized carbons (Fsp3) is 0.619. The molecule has 2 N–H and O–H groups in total. The van der Waals surface area contributed by atoms with E-state index in [4.69, 9.17) is 14.5 Å². The monoisotopic (exact) mass is 510 g/mol. The van der Waals surface area contributed by atoms with Gasteiger partial charge in [-0.1, -0.05) is 0 Å². The van der Waals surface area contributed by atoms with Crippen LogP contribution < -0.4 is 15.5 Å². The number of carbonyl (C=O) groups excluding carboxylic acids is 2. The second-order valence-electron chi connectivity index (χ2n) is 9.76. The largest absolute Gasteiger partial charge is 0.444 e. The van der Waals surface area contributed by atoms with Gasteiger partial charge >= 0.3 is 12.2 Å². The number of nitrogens with one attached hydrogen (secondary N) is 2. The molecule has 0 saturated carbocycles. The molecule has 3 heterocycles. The predicted molar refractivity (Wildman–Crippen MR) is 125 cm³/mol. The van der Waals surface area contributed by atoms with Crippen LogP contribution in [0.25, 0.3) is 5.65 Å². The normalized spacial score (nSPS) is 15.5. The summed E-state index contributed by atoms with van der Waals surface area (Å²) in [7, 11) is 0. The van der Waals surface area contributed by atoms with E-state index >= 15 is 0 Å². The van der Waals surface area contributed by atoms with E-state index in [1.807, 2.05) is 20.8 Å². The number of carbonyl (C=O) groups is 2. The third kappa shape index (κ3) is 6.47. The van der Waals surface area contributed by atoms with Crippen molar-refractivity contribution in [3.05, 3.63) is 16.7 Å². The molecule has 0 radical (unpaired) electrons. The van der Waals surface area contributed by atoms with Crippen LogP contribution in [0.2, 0.25) is 0 Å². The zero-order valence-electron chi connectivity index (χ0n) is 19.4. The number of alkyl carbamates (subject to hydrolysis) is 1. The number of hydrogen-bond acceptors (Lipinski definition) is 7. The third-order valence-electron chi connectivity index (χ3n) is 4.58. The molecule has 0 spiro atoms. The maximum atomic E-state index is 12.3. The topological polar surface area (TPSA) is 110 Å². The summed E-state index contributed by atoms with van der Waals surface area (Å²) in [6.45, 7) is 12.3. The molecule has 3 rings (SSSR count). The first kappa shape index (κ1) is 24.1. The lowest BCUT2D eigenvalue weighted by Crippen LogP contribution is -2.46. The minimum absolute atomic E-state index is 0.0332. The van der Waals surface area contributed by atoms with Gasteiger partial charge in [-0.3, -0.25) is 5.32 Å². The molecule has 32 heavy (non-hydrogen) atoms. The van der Waals surface area contributed by atoms with Gasteiger partial charge in [0.25, 0.3) is 0 Å². The minimum Gasteiger partial charge on any atom is -0.444 e. The van der Waals surface area contributed by atoms with Crippen molar-refractivity contribution >= 4 is 45.4 Å². The Morgan fingerprint density at radius 3 is 2.25 bits per heavy atom. The molecule has 176 valence electrons. The Balaban J connectivity index is 1.72. The minimum atomic E-state index is -0.618. The highest BCUT2D eigenvalue weighted by Crippen LogP contribution is 2.27. The number of hydrogen-bond donors (Lipinski definition) is 2. The van der Waals surface area contributed by atoms with E-state index in [2.05, 4.69) is 36.6 Å². The predicted octanol–water partition coefficient (Wildman–Crippen LogP) is 4.33. The highest BCUT2D eigenvalue weighted by atomic mass is 79.9. The zero-order chi connectivity index (χ0) is 23.7. The van der Waals surface area contributed by atoms with Crippen molar-refractivity contribution in [2.75, 3.05) is 23.3 Å². The van der Waals surface area contributed by atoms with E-state index < -0.39 is 23.4 Å². The van der Waals surface area contributed by atoms with Gasteiger partial charge in [0.05, 0.1) is 10.7 Å². The van der Waals surface area contributed by atoms with Crippen LogP contribution in [0, 0.1) is 0 Å². The number of halogens is 1. The summed E-state index contributed by atoms with van der Waals surface area (Å²) in [4.78, 5) is 31.2. The first-order valence-corrected chi connectivity index (χ1v) is 11.4. The van der Waals surface area contributed by atoms with Crippen LogP contribution in [0.4, 0.5) is 21.2 Å². The highest BCUT2D eigenvalue weighted by Gasteiger charge is 2.26. The van der Waals surface area contributed by atoms with Gasteiger partial charge in [-0.15, -0.1) is 0 Å². The fourth-order valence-electron chi connectivity index (χ4n) is 3.31. The van der Waals surface area contributed by atoms with Crippen molar-refractivity contribution in [3.8, 4) is 0 Å². The first-order chi connectivity index (χ1) is 14.8. The number of anilines is 2. The number of piperidine rings is 1. The van der Waals surface area contributed by atoms with Gasteiger partial charge in [0.15, 0.2) is 5.65 Å². The van der Waals surface area contributed by atoms with Gasteiger partial charge < -0.3 is 19.7 Å². The second-order valence-corrected chi connectivity index (χ2v) is 10.6. The van der Waals surface area contributed by atoms with E-state index in [0.717, 1.165) is 12.8 Å². The van der Waals surface area contributed by atoms with Crippen LogP contribution in [-0.2, 0) is 9.47 Å². The molecule has 0 unspecified atom stereocenters. The van der Waals surface area contributed by atoms with Crippen LogP contribution >= 0.6 is 15.9 Å². The molecule has 0 bridgehead atoms. The van der Waals surface area contributed by atoms with E-state index in [9.17, 15) is 9.59 Å². The summed E-state index contributed by atoms with van der Waals surface area (Å²) in [5.74, 6) is 1.17. The molecule has 1 aliphatic rings. The maximum absolute atomic E-state index is 12.3. The SMILES string of the molecule is CC(C)(C)OC(=O)Nc1cc(N2CCC(NC(=O)OC(C)(C)C)CC2)nc2c(Br)cnn12. The fourth-order valence-corrected chi connectivity index (χ4v) is 3.66. The van der Waals surface area contributed by atoms with Crippen molar-refractivity contribution in [1.82, 2.24) is 19.9 Å². The quantitative estimate of drug-likeness (QED) is 0.631. The molecule has 0 atom stereocenters. The Kier molecular flexibility index (Phi) is 6.87. The summed E-state index contributed by atoms with van der Waals surface area (Å²) >= 11 is 3.47. The smallest absolute Gasteiger partial charge is 0.413 e. The number of amides is 2. The van der Waals surface area contributed by atoms with Gasteiger partial charge in [0.2, 0.25) is 0 Å². The van der Waals surface area contributed by atoms with Gasteiger partial charge in [0.1, 0.15) is 22.8 Å². The van der Waals surface area contributed by atoms with Crippen LogP contribution in [0.5, 0.6) is 0 Å². The molecule has 0 aromatic carbocycles. The Hall–Kier alpha value is -2.56.